The Morgan fingerprint density at radius 1 is 1.00 bits per heavy atom. The van der Waals surface area contributed by atoms with Crippen LogP contribution in [0.1, 0.15) is 35.6 Å². The molecule has 0 spiro atoms. The maximum atomic E-state index is 9.15. The molecule has 1 atom stereocenters. The fourth-order valence-electron chi connectivity index (χ4n) is 3.50. The first-order valence-corrected chi connectivity index (χ1v) is 8.16. The van der Waals surface area contributed by atoms with Gasteiger partial charge in [0, 0.05) is 12.6 Å². The zero-order chi connectivity index (χ0) is 15.6. The van der Waals surface area contributed by atoms with Crippen molar-refractivity contribution in [2.24, 2.45) is 0 Å². The van der Waals surface area contributed by atoms with Gasteiger partial charge in [-0.1, -0.05) is 30.3 Å². The molecule has 23 heavy (non-hydrogen) atoms. The average Bonchev–Trinajstić information content (AvgIpc) is 3.23. The molecule has 2 aliphatic heterocycles. The molecule has 1 saturated heterocycles. The number of hydrogen-bond donors (Lipinski definition) is 1. The lowest BCUT2D eigenvalue weighted by molar-refractivity contribution is 0.174. The lowest BCUT2D eigenvalue weighted by Gasteiger charge is -2.25. The predicted molar refractivity (Wildman–Crippen MR) is 87.3 cm³/mol. The molecule has 0 saturated carbocycles. The van der Waals surface area contributed by atoms with Gasteiger partial charge in [-0.15, -0.1) is 0 Å². The van der Waals surface area contributed by atoms with E-state index in [2.05, 4.69) is 29.2 Å². The Morgan fingerprint density at radius 3 is 2.61 bits per heavy atom. The Balaban J connectivity index is 1.51. The summed E-state index contributed by atoms with van der Waals surface area (Å²) in [5.74, 6) is 1.71. The summed E-state index contributed by atoms with van der Waals surface area (Å²) < 4.78 is 10.9. The van der Waals surface area contributed by atoms with Crippen LogP contribution in [0.25, 0.3) is 0 Å². The maximum Gasteiger partial charge on any atom is 0.231 e. The zero-order valence-electron chi connectivity index (χ0n) is 13.1. The minimum atomic E-state index is 0.101. The molecule has 1 N–H and O–H groups in total. The standard InChI is InChI=1S/C19H21NO3/c21-12-15-5-3-14(4-6-15)11-20-9-1-2-17(20)16-7-8-18-19(10-16)23-13-22-18/h3-8,10,17,21H,1-2,9,11-13H2. The number of ether oxygens (including phenoxy) is 2. The maximum absolute atomic E-state index is 9.15. The first kappa shape index (κ1) is 14.5. The number of rotatable bonds is 4. The highest BCUT2D eigenvalue weighted by Crippen LogP contribution is 2.39. The molecular formula is C19H21NO3. The van der Waals surface area contributed by atoms with Crippen molar-refractivity contribution in [1.29, 1.82) is 0 Å². The first-order chi connectivity index (χ1) is 11.3. The van der Waals surface area contributed by atoms with Crippen LogP contribution < -0.4 is 9.47 Å². The molecule has 2 heterocycles. The molecule has 0 aromatic heterocycles. The van der Waals surface area contributed by atoms with Crippen LogP contribution in [-0.4, -0.2) is 23.3 Å². The van der Waals surface area contributed by atoms with E-state index in [4.69, 9.17) is 14.6 Å². The highest BCUT2D eigenvalue weighted by molar-refractivity contribution is 5.45. The van der Waals surface area contributed by atoms with Crippen LogP contribution in [0.3, 0.4) is 0 Å². The lowest BCUT2D eigenvalue weighted by Crippen LogP contribution is -2.22. The van der Waals surface area contributed by atoms with Gasteiger partial charge in [0.15, 0.2) is 11.5 Å². The molecule has 2 aromatic rings. The molecule has 0 bridgehead atoms. The largest absolute Gasteiger partial charge is 0.454 e. The summed E-state index contributed by atoms with van der Waals surface area (Å²) in [6.45, 7) is 2.47. The van der Waals surface area contributed by atoms with Crippen LogP contribution in [0.5, 0.6) is 11.5 Å². The topological polar surface area (TPSA) is 41.9 Å². The van der Waals surface area contributed by atoms with Gasteiger partial charge in [-0.25, -0.2) is 0 Å². The highest BCUT2D eigenvalue weighted by atomic mass is 16.7. The molecule has 4 rings (SSSR count). The first-order valence-electron chi connectivity index (χ1n) is 8.16. The second-order valence-corrected chi connectivity index (χ2v) is 6.22. The van der Waals surface area contributed by atoms with Gasteiger partial charge in [0.2, 0.25) is 6.79 Å². The van der Waals surface area contributed by atoms with Gasteiger partial charge >= 0.3 is 0 Å². The summed E-state index contributed by atoms with van der Waals surface area (Å²) in [5, 5.41) is 9.15. The quantitative estimate of drug-likeness (QED) is 0.941. The third kappa shape index (κ3) is 2.92. The van der Waals surface area contributed by atoms with Crippen molar-refractivity contribution < 1.29 is 14.6 Å². The fraction of sp³-hybridized carbons (Fsp3) is 0.368. The second kappa shape index (κ2) is 6.22. The predicted octanol–water partition coefficient (Wildman–Crippen LogP) is 3.24. The summed E-state index contributed by atoms with van der Waals surface area (Å²) in [6.07, 6.45) is 2.39. The Kier molecular flexibility index (Phi) is 3.93. The average molecular weight is 311 g/mol. The van der Waals surface area contributed by atoms with Gasteiger partial charge in [-0.2, -0.15) is 0 Å². The van der Waals surface area contributed by atoms with Crippen LogP contribution in [-0.2, 0) is 13.2 Å². The van der Waals surface area contributed by atoms with E-state index in [-0.39, 0.29) is 6.61 Å². The van der Waals surface area contributed by atoms with E-state index in [0.717, 1.165) is 30.2 Å². The third-order valence-electron chi connectivity index (χ3n) is 4.74. The molecule has 1 unspecified atom stereocenters. The van der Waals surface area contributed by atoms with Crippen molar-refractivity contribution >= 4 is 0 Å². The van der Waals surface area contributed by atoms with E-state index in [9.17, 15) is 0 Å². The van der Waals surface area contributed by atoms with Crippen LogP contribution in [0.15, 0.2) is 42.5 Å². The minimum absolute atomic E-state index is 0.101. The van der Waals surface area contributed by atoms with E-state index in [1.54, 1.807) is 0 Å². The van der Waals surface area contributed by atoms with Gasteiger partial charge < -0.3 is 14.6 Å². The SMILES string of the molecule is OCc1ccc(CN2CCCC2c2ccc3c(c2)OCO3)cc1. The van der Waals surface area contributed by atoms with Gasteiger partial charge in [-0.3, -0.25) is 4.90 Å². The number of fused-ring (bicyclic) bond motifs is 1. The minimum Gasteiger partial charge on any atom is -0.454 e. The van der Waals surface area contributed by atoms with Crippen molar-refractivity contribution in [3.8, 4) is 11.5 Å². The molecule has 2 aromatic carbocycles. The highest BCUT2D eigenvalue weighted by Gasteiger charge is 2.27. The monoisotopic (exact) mass is 311 g/mol. The number of aliphatic hydroxyl groups excluding tert-OH is 1. The van der Waals surface area contributed by atoms with Gasteiger partial charge in [0.25, 0.3) is 0 Å². The van der Waals surface area contributed by atoms with Crippen molar-refractivity contribution in [2.45, 2.75) is 32.0 Å². The molecular weight excluding hydrogens is 290 g/mol. The number of aliphatic hydroxyl groups is 1. The Hall–Kier alpha value is -2.04. The summed E-state index contributed by atoms with van der Waals surface area (Å²) in [7, 11) is 0. The number of nitrogens with zero attached hydrogens (tertiary/aromatic N) is 1. The lowest BCUT2D eigenvalue weighted by atomic mass is 10.0. The van der Waals surface area contributed by atoms with Crippen molar-refractivity contribution in [3.05, 3.63) is 59.2 Å². The van der Waals surface area contributed by atoms with E-state index in [0.29, 0.717) is 12.8 Å². The number of likely N-dealkylation sites (tertiary alicyclic amines) is 1. The smallest absolute Gasteiger partial charge is 0.231 e. The van der Waals surface area contributed by atoms with Crippen LogP contribution >= 0.6 is 0 Å². The molecule has 2 aliphatic rings. The number of hydrogen-bond acceptors (Lipinski definition) is 4. The van der Waals surface area contributed by atoms with Crippen LogP contribution in [0.2, 0.25) is 0 Å². The Labute approximate surface area is 136 Å². The normalized spacial score (nSPS) is 20.1. The van der Waals surface area contributed by atoms with Gasteiger partial charge in [0.1, 0.15) is 0 Å². The molecule has 4 heteroatoms. The van der Waals surface area contributed by atoms with Crippen molar-refractivity contribution in [2.75, 3.05) is 13.3 Å². The Morgan fingerprint density at radius 2 is 1.78 bits per heavy atom. The van der Waals surface area contributed by atoms with Crippen molar-refractivity contribution in [1.82, 2.24) is 4.90 Å². The summed E-state index contributed by atoms with van der Waals surface area (Å²) >= 11 is 0. The van der Waals surface area contributed by atoms with Crippen LogP contribution in [0.4, 0.5) is 0 Å². The van der Waals surface area contributed by atoms with Gasteiger partial charge in [0.05, 0.1) is 6.61 Å². The molecule has 0 radical (unpaired) electrons. The zero-order valence-corrected chi connectivity index (χ0v) is 13.1. The summed E-state index contributed by atoms with van der Waals surface area (Å²) in [4.78, 5) is 2.52. The Bertz CT molecular complexity index is 684. The van der Waals surface area contributed by atoms with Crippen molar-refractivity contribution in [3.63, 3.8) is 0 Å². The van der Waals surface area contributed by atoms with E-state index < -0.39 is 0 Å². The molecule has 4 nitrogen and oxygen atoms in total. The molecule has 1 fully saturated rings. The molecule has 0 aliphatic carbocycles. The van der Waals surface area contributed by atoms with E-state index in [1.807, 2.05) is 18.2 Å². The summed E-state index contributed by atoms with van der Waals surface area (Å²) in [6, 6.07) is 15.0. The van der Waals surface area contributed by atoms with Crippen LogP contribution in [0, 0.1) is 0 Å². The number of benzene rings is 2. The molecule has 120 valence electrons. The molecule has 0 amide bonds. The fourth-order valence-corrected chi connectivity index (χ4v) is 3.50. The second-order valence-electron chi connectivity index (χ2n) is 6.22. The summed E-state index contributed by atoms with van der Waals surface area (Å²) in [5.41, 5.74) is 3.55. The van der Waals surface area contributed by atoms with E-state index in [1.165, 1.54) is 24.0 Å². The third-order valence-corrected chi connectivity index (χ3v) is 4.74. The van der Waals surface area contributed by atoms with E-state index >= 15 is 0 Å². The van der Waals surface area contributed by atoms with Gasteiger partial charge in [-0.05, 0) is 48.2 Å².